The molecule has 0 aromatic heterocycles. The van der Waals surface area contributed by atoms with E-state index in [1.54, 1.807) is 12.1 Å². The second-order valence-corrected chi connectivity index (χ2v) is 25.2. The first-order valence-electron chi connectivity index (χ1n) is 31.7. The molecule has 0 radical (unpaired) electrons. The lowest BCUT2D eigenvalue weighted by atomic mass is 9.31. The van der Waals surface area contributed by atoms with E-state index in [4.69, 9.17) is 0 Å². The molecule has 436 valence electrons. The molecule has 0 unspecified atom stereocenters. The Morgan fingerprint density at radius 3 is 1.25 bits per heavy atom. The van der Waals surface area contributed by atoms with Crippen LogP contribution in [0.3, 0.4) is 0 Å². The molecule has 0 atom stereocenters. The van der Waals surface area contributed by atoms with Gasteiger partial charge in [-0.2, -0.15) is 0 Å². The molecule has 4 aliphatic heterocycles. The largest absolute Gasteiger partial charge is 0.311 e. The van der Waals surface area contributed by atoms with Gasteiger partial charge < -0.3 is 24.5 Å². The molecule has 0 aliphatic carbocycles. The predicted molar refractivity (Wildman–Crippen MR) is 391 cm³/mol. The van der Waals surface area contributed by atoms with E-state index in [0.29, 0.717) is 5.69 Å². The normalized spacial score (nSPS) is 12.8. The Hall–Kier alpha value is -11.5. The number of halogens is 1. The monoisotopic (exact) mass is 1210 g/mol. The van der Waals surface area contributed by atoms with E-state index in [9.17, 15) is 0 Å². The van der Waals surface area contributed by atoms with Crippen molar-refractivity contribution in [2.24, 2.45) is 0 Å². The van der Waals surface area contributed by atoms with Crippen LogP contribution in [0.4, 0.5) is 89.7 Å². The van der Waals surface area contributed by atoms with Gasteiger partial charge in [-0.05, 0) is 177 Å². The Labute approximate surface area is 546 Å². The molecule has 0 spiro atoms. The number of fused-ring (bicyclic) bond motifs is 8. The van der Waals surface area contributed by atoms with Crippen molar-refractivity contribution >= 4 is 143 Å². The highest BCUT2D eigenvalue weighted by atomic mass is 32.2. The lowest BCUT2D eigenvalue weighted by Crippen LogP contribution is -2.64. The minimum Gasteiger partial charge on any atom is -0.311 e. The molecule has 93 heavy (non-hydrogen) atoms. The lowest BCUT2D eigenvalue weighted by molar-refractivity contribution is 0.629. The fraction of sp³-hybridized carbons (Fsp3) is 0. The van der Waals surface area contributed by atoms with Gasteiger partial charge in [0.2, 0.25) is 6.71 Å². The standard InChI is InChI=1S/C84H56B2FN5S/c87-73-42-21-24-45-76(73)92-77-56-81-72(55-71(77)85-69-40-19-22-43-74(69)90(63-35-15-5-16-36-63)78-51-67(52-79(92)83(78)85)88(61-31-11-3-12-32-61)62-33-13-4-14-34-62)86-70-41-20-23-44-75(70)91(64-37-17-6-18-38-64)80-53-68(54-82(93-81)84(80)86)89(65-48-46-59(47-49-65)57-26-7-1-8-27-57)66-39-25-30-60(50-66)58-28-9-2-10-29-58/h1-56H. The summed E-state index contributed by atoms with van der Waals surface area (Å²) in [5, 5.41) is 0. The molecule has 9 heteroatoms. The zero-order valence-corrected chi connectivity index (χ0v) is 51.3. The first-order chi connectivity index (χ1) is 46.1. The smallest absolute Gasteiger partial charge is 0.252 e. The number of rotatable bonds is 11. The van der Waals surface area contributed by atoms with Crippen molar-refractivity contribution in [3.05, 3.63) is 346 Å². The highest BCUT2D eigenvalue weighted by molar-refractivity contribution is 8.00. The number of para-hydroxylation sites is 7. The number of anilines is 15. The fourth-order valence-electron chi connectivity index (χ4n) is 14.9. The number of hydrogen-bond acceptors (Lipinski definition) is 6. The van der Waals surface area contributed by atoms with Gasteiger partial charge in [0.05, 0.1) is 11.4 Å². The van der Waals surface area contributed by atoms with Gasteiger partial charge in [0.1, 0.15) is 5.82 Å². The molecular weight excluding hydrogens is 1150 g/mol. The van der Waals surface area contributed by atoms with Crippen LogP contribution in [0.2, 0.25) is 0 Å². The maximum Gasteiger partial charge on any atom is 0.252 e. The van der Waals surface area contributed by atoms with Crippen LogP contribution in [0.5, 0.6) is 0 Å². The van der Waals surface area contributed by atoms with Gasteiger partial charge in [-0.25, -0.2) is 4.39 Å². The van der Waals surface area contributed by atoms with Gasteiger partial charge >= 0.3 is 0 Å². The Balaban J connectivity index is 0.900. The molecule has 0 N–H and O–H groups in total. The summed E-state index contributed by atoms with van der Waals surface area (Å²) in [6.07, 6.45) is 0. The molecule has 0 saturated carbocycles. The highest BCUT2D eigenvalue weighted by Gasteiger charge is 2.48. The molecule has 0 saturated heterocycles. The van der Waals surface area contributed by atoms with Crippen molar-refractivity contribution in [3.63, 3.8) is 0 Å². The summed E-state index contributed by atoms with van der Waals surface area (Å²) in [7, 11) is 0. The molecule has 4 heterocycles. The van der Waals surface area contributed by atoms with Gasteiger partial charge in [0.25, 0.3) is 6.71 Å². The summed E-state index contributed by atoms with van der Waals surface area (Å²) in [6.45, 7) is -0.413. The summed E-state index contributed by atoms with van der Waals surface area (Å²) in [6, 6.07) is 122. The van der Waals surface area contributed by atoms with Gasteiger partial charge in [0.15, 0.2) is 0 Å². The van der Waals surface area contributed by atoms with E-state index < -0.39 is 0 Å². The third kappa shape index (κ3) is 9.10. The van der Waals surface area contributed by atoms with Crippen LogP contribution in [0.25, 0.3) is 22.3 Å². The molecule has 0 bridgehead atoms. The Kier molecular flexibility index (Phi) is 13.1. The van der Waals surface area contributed by atoms with Gasteiger partial charge in [-0.15, -0.1) is 0 Å². The molecule has 5 nitrogen and oxygen atoms in total. The summed E-state index contributed by atoms with van der Waals surface area (Å²) in [4.78, 5) is 14.2. The third-order valence-corrected chi connectivity index (χ3v) is 20.0. The molecule has 4 aliphatic rings. The molecule has 18 rings (SSSR count). The SMILES string of the molecule is Fc1ccccc1N1c2cc3c(cc2B2c4ccccc4N(c4ccccc4)c4cc(N(c5ccccc5)c5ccccc5)cc1c42)B1c2ccccc2N(c2ccccc2)c2cc(N(c4ccc(-c5ccccc5)cc4)c4cccc(-c5ccccc5)c4)cc(c21)S3. The molecule has 0 fully saturated rings. The van der Waals surface area contributed by atoms with Gasteiger partial charge in [0, 0.05) is 83.7 Å². The van der Waals surface area contributed by atoms with Crippen LogP contribution in [-0.2, 0) is 0 Å². The Morgan fingerprint density at radius 1 is 0.247 bits per heavy atom. The minimum atomic E-state index is -0.305. The number of nitrogens with zero attached hydrogens (tertiary/aromatic N) is 5. The topological polar surface area (TPSA) is 16.2 Å². The van der Waals surface area contributed by atoms with Crippen molar-refractivity contribution in [2.45, 2.75) is 9.79 Å². The van der Waals surface area contributed by atoms with Crippen molar-refractivity contribution in [1.82, 2.24) is 0 Å². The highest BCUT2D eigenvalue weighted by Crippen LogP contribution is 2.52. The quantitative estimate of drug-likeness (QED) is 0.119. The second kappa shape index (κ2) is 22.5. The average molecular weight is 1210 g/mol. The first-order valence-corrected chi connectivity index (χ1v) is 32.6. The fourth-order valence-corrected chi connectivity index (χ4v) is 16.1. The molecule has 0 amide bonds. The van der Waals surface area contributed by atoms with E-state index in [1.165, 1.54) is 27.4 Å². The number of hydrogen-bond donors (Lipinski definition) is 0. The minimum absolute atomic E-state index is 0.170. The van der Waals surface area contributed by atoms with Crippen LogP contribution in [0.1, 0.15) is 0 Å². The van der Waals surface area contributed by atoms with Crippen molar-refractivity contribution in [2.75, 3.05) is 24.5 Å². The van der Waals surface area contributed by atoms with E-state index in [0.717, 1.165) is 117 Å². The predicted octanol–water partition coefficient (Wildman–Crippen LogP) is 18.9. The zero-order valence-electron chi connectivity index (χ0n) is 50.5. The maximum atomic E-state index is 17.6. The van der Waals surface area contributed by atoms with Gasteiger partial charge in [-0.3, -0.25) is 0 Å². The Morgan fingerprint density at radius 2 is 0.667 bits per heavy atom. The van der Waals surface area contributed by atoms with Crippen molar-refractivity contribution in [3.8, 4) is 22.3 Å². The molecular formula is C84H56B2FN5S. The molecule has 14 aromatic rings. The zero-order chi connectivity index (χ0) is 61.5. The van der Waals surface area contributed by atoms with Crippen molar-refractivity contribution < 1.29 is 4.39 Å². The summed E-state index contributed by atoms with van der Waals surface area (Å²) < 4.78 is 17.6. The maximum absolute atomic E-state index is 17.6. The first kappa shape index (κ1) is 54.4. The number of benzene rings is 14. The lowest BCUT2D eigenvalue weighted by Gasteiger charge is -2.46. The summed E-state index contributed by atoms with van der Waals surface area (Å²) >= 11 is 1.82. The van der Waals surface area contributed by atoms with Crippen LogP contribution in [0, 0.1) is 5.82 Å². The average Bonchev–Trinajstić information content (AvgIpc) is 0.727. The van der Waals surface area contributed by atoms with Gasteiger partial charge in [-0.1, -0.05) is 230 Å². The van der Waals surface area contributed by atoms with Crippen molar-refractivity contribution in [1.29, 1.82) is 0 Å². The van der Waals surface area contributed by atoms with Crippen LogP contribution < -0.4 is 57.3 Å². The Bertz CT molecular complexity index is 5140. The molecule has 14 aromatic carbocycles. The van der Waals surface area contributed by atoms with Crippen LogP contribution in [0.15, 0.2) is 350 Å². The summed E-state index contributed by atoms with van der Waals surface area (Å²) in [5.74, 6) is -0.305. The van der Waals surface area contributed by atoms with E-state index in [-0.39, 0.29) is 19.2 Å². The van der Waals surface area contributed by atoms with Crippen LogP contribution in [-0.4, -0.2) is 13.4 Å². The van der Waals surface area contributed by atoms with E-state index >= 15 is 4.39 Å². The summed E-state index contributed by atoms with van der Waals surface area (Å²) in [5.41, 5.74) is 26.6. The van der Waals surface area contributed by atoms with E-state index in [1.807, 2.05) is 23.9 Å². The second-order valence-electron chi connectivity index (χ2n) is 24.1. The third-order valence-electron chi connectivity index (χ3n) is 18.9. The van der Waals surface area contributed by atoms with Crippen LogP contribution >= 0.6 is 11.8 Å². The van der Waals surface area contributed by atoms with E-state index in [2.05, 4.69) is 340 Å².